The highest BCUT2D eigenvalue weighted by Crippen LogP contribution is 2.18. The molecule has 78 valence electrons. The molecular formula is C10H9NO4. The molecule has 2 rings (SSSR count). The lowest BCUT2D eigenvalue weighted by atomic mass is 10.1. The van der Waals surface area contributed by atoms with Gasteiger partial charge in [0, 0.05) is 0 Å². The van der Waals surface area contributed by atoms with Crippen LogP contribution in [0.5, 0.6) is 0 Å². The van der Waals surface area contributed by atoms with Crippen LogP contribution < -0.4 is 5.32 Å². The molecule has 0 unspecified atom stereocenters. The fourth-order valence-corrected chi connectivity index (χ4v) is 1.42. The van der Waals surface area contributed by atoms with E-state index in [0.29, 0.717) is 0 Å². The summed E-state index contributed by atoms with van der Waals surface area (Å²) >= 11 is 0. The first-order valence-corrected chi connectivity index (χ1v) is 4.43. The van der Waals surface area contributed by atoms with Gasteiger partial charge in [-0.05, 0) is 17.7 Å². The molecule has 0 aromatic heterocycles. The summed E-state index contributed by atoms with van der Waals surface area (Å²) < 4.78 is 4.73. The van der Waals surface area contributed by atoms with Crippen LogP contribution in [-0.2, 0) is 4.74 Å². The van der Waals surface area contributed by atoms with E-state index < -0.39 is 12.1 Å². The molecule has 1 aromatic rings. The van der Waals surface area contributed by atoms with Crippen LogP contribution in [0.1, 0.15) is 22.0 Å². The summed E-state index contributed by atoms with van der Waals surface area (Å²) in [7, 11) is 0. The summed E-state index contributed by atoms with van der Waals surface area (Å²) in [5, 5.41) is 11.3. The highest BCUT2D eigenvalue weighted by atomic mass is 16.6. The van der Waals surface area contributed by atoms with Crippen molar-refractivity contribution < 1.29 is 19.4 Å². The van der Waals surface area contributed by atoms with Gasteiger partial charge in [0.2, 0.25) is 0 Å². The van der Waals surface area contributed by atoms with Gasteiger partial charge in [-0.3, -0.25) is 0 Å². The van der Waals surface area contributed by atoms with Crippen molar-refractivity contribution in [3.8, 4) is 0 Å². The third-order valence-corrected chi connectivity index (χ3v) is 2.23. The van der Waals surface area contributed by atoms with Crippen molar-refractivity contribution in [3.05, 3.63) is 35.4 Å². The molecule has 5 nitrogen and oxygen atoms in total. The Morgan fingerprint density at radius 3 is 2.53 bits per heavy atom. The van der Waals surface area contributed by atoms with Gasteiger partial charge in [0.15, 0.2) is 0 Å². The molecule has 1 atom stereocenters. The first-order valence-electron chi connectivity index (χ1n) is 4.43. The van der Waals surface area contributed by atoms with Gasteiger partial charge in [-0.15, -0.1) is 0 Å². The van der Waals surface area contributed by atoms with Gasteiger partial charge in [-0.2, -0.15) is 0 Å². The average Bonchev–Trinajstić information content (AvgIpc) is 2.65. The lowest BCUT2D eigenvalue weighted by Gasteiger charge is -2.07. The van der Waals surface area contributed by atoms with Gasteiger partial charge in [0.05, 0.1) is 11.6 Å². The second-order valence-corrected chi connectivity index (χ2v) is 3.22. The molecule has 0 bridgehead atoms. The molecule has 1 aromatic carbocycles. The highest BCUT2D eigenvalue weighted by Gasteiger charge is 2.23. The summed E-state index contributed by atoms with van der Waals surface area (Å²) in [4.78, 5) is 21.4. The molecule has 0 saturated carbocycles. The first-order chi connectivity index (χ1) is 7.16. The fraction of sp³-hybridized carbons (Fsp3) is 0.200. The monoisotopic (exact) mass is 207 g/mol. The van der Waals surface area contributed by atoms with E-state index in [2.05, 4.69) is 5.32 Å². The number of carboxylic acids is 1. The number of nitrogens with one attached hydrogen (secondary N) is 1. The summed E-state index contributed by atoms with van der Waals surface area (Å²) in [6.45, 7) is 0.283. The predicted molar refractivity (Wildman–Crippen MR) is 50.6 cm³/mol. The number of alkyl carbamates (subject to hydrolysis) is 1. The maximum atomic E-state index is 10.8. The molecule has 15 heavy (non-hydrogen) atoms. The number of carboxylic acid groups (broad SMARTS) is 1. The zero-order chi connectivity index (χ0) is 10.8. The van der Waals surface area contributed by atoms with Crippen molar-refractivity contribution in [2.75, 3.05) is 6.61 Å². The van der Waals surface area contributed by atoms with E-state index in [1.807, 2.05) is 0 Å². The van der Waals surface area contributed by atoms with E-state index in [0.717, 1.165) is 5.56 Å². The fourth-order valence-electron chi connectivity index (χ4n) is 1.42. The molecule has 1 aliphatic rings. The van der Waals surface area contributed by atoms with Gasteiger partial charge < -0.3 is 15.2 Å². The van der Waals surface area contributed by atoms with Crippen molar-refractivity contribution in [1.29, 1.82) is 0 Å². The zero-order valence-electron chi connectivity index (χ0n) is 7.77. The maximum Gasteiger partial charge on any atom is 0.407 e. The molecule has 1 heterocycles. The molecule has 1 aliphatic heterocycles. The molecule has 1 fully saturated rings. The van der Waals surface area contributed by atoms with E-state index in [1.54, 1.807) is 12.1 Å². The Morgan fingerprint density at radius 2 is 2.07 bits per heavy atom. The molecule has 0 aliphatic carbocycles. The van der Waals surface area contributed by atoms with Crippen LogP contribution in [0.15, 0.2) is 24.3 Å². The summed E-state index contributed by atoms with van der Waals surface area (Å²) in [6, 6.07) is 6.16. The molecule has 0 radical (unpaired) electrons. The second-order valence-electron chi connectivity index (χ2n) is 3.22. The quantitative estimate of drug-likeness (QED) is 0.763. The zero-order valence-corrected chi connectivity index (χ0v) is 7.77. The van der Waals surface area contributed by atoms with Gasteiger partial charge in [0.1, 0.15) is 6.61 Å². The minimum absolute atomic E-state index is 0.180. The van der Waals surface area contributed by atoms with Crippen LogP contribution >= 0.6 is 0 Å². The maximum absolute atomic E-state index is 10.8. The lowest BCUT2D eigenvalue weighted by Crippen LogP contribution is -2.18. The van der Waals surface area contributed by atoms with Crippen LogP contribution in [0, 0.1) is 0 Å². The van der Waals surface area contributed by atoms with E-state index >= 15 is 0 Å². The third kappa shape index (κ3) is 1.90. The minimum atomic E-state index is -0.965. The van der Waals surface area contributed by atoms with E-state index in [4.69, 9.17) is 9.84 Å². The number of hydrogen-bond donors (Lipinski definition) is 2. The van der Waals surface area contributed by atoms with Crippen LogP contribution in [0.2, 0.25) is 0 Å². The largest absolute Gasteiger partial charge is 0.478 e. The number of carbonyl (C=O) groups excluding carboxylic acids is 1. The Bertz CT molecular complexity index is 398. The lowest BCUT2D eigenvalue weighted by molar-refractivity contribution is 0.0697. The van der Waals surface area contributed by atoms with Crippen LogP contribution in [0.4, 0.5) is 4.79 Å². The van der Waals surface area contributed by atoms with Crippen molar-refractivity contribution in [3.63, 3.8) is 0 Å². The van der Waals surface area contributed by atoms with Gasteiger partial charge >= 0.3 is 12.1 Å². The Kier molecular flexibility index (Phi) is 2.29. The molecule has 1 saturated heterocycles. The predicted octanol–water partition coefficient (Wildman–Crippen LogP) is 1.17. The number of benzene rings is 1. The minimum Gasteiger partial charge on any atom is -0.478 e. The molecule has 0 spiro atoms. The van der Waals surface area contributed by atoms with Crippen molar-refractivity contribution >= 4 is 12.1 Å². The van der Waals surface area contributed by atoms with E-state index in [-0.39, 0.29) is 18.2 Å². The molecular weight excluding hydrogens is 198 g/mol. The first kappa shape index (κ1) is 9.51. The Labute approximate surface area is 85.7 Å². The average molecular weight is 207 g/mol. The van der Waals surface area contributed by atoms with Crippen molar-refractivity contribution in [1.82, 2.24) is 5.32 Å². The molecule has 5 heteroatoms. The normalized spacial score (nSPS) is 19.5. The van der Waals surface area contributed by atoms with E-state index in [9.17, 15) is 9.59 Å². The Morgan fingerprint density at radius 1 is 1.40 bits per heavy atom. The SMILES string of the molecule is O=C1N[C@@H](c2ccc(C(=O)O)cc2)CO1. The molecule has 1 amide bonds. The Balaban J connectivity index is 2.17. The molecule has 2 N–H and O–H groups in total. The number of amides is 1. The van der Waals surface area contributed by atoms with Crippen LogP contribution in [-0.4, -0.2) is 23.8 Å². The van der Waals surface area contributed by atoms with Crippen molar-refractivity contribution in [2.24, 2.45) is 0 Å². The number of hydrogen-bond acceptors (Lipinski definition) is 3. The smallest absolute Gasteiger partial charge is 0.407 e. The van der Waals surface area contributed by atoms with Crippen LogP contribution in [0.3, 0.4) is 0 Å². The number of aromatic carboxylic acids is 1. The van der Waals surface area contributed by atoms with E-state index in [1.165, 1.54) is 12.1 Å². The number of cyclic esters (lactones) is 1. The number of ether oxygens (including phenoxy) is 1. The summed E-state index contributed by atoms with van der Waals surface area (Å²) in [5.74, 6) is -0.965. The number of rotatable bonds is 2. The van der Waals surface area contributed by atoms with Gasteiger partial charge in [0.25, 0.3) is 0 Å². The number of carbonyl (C=O) groups is 2. The second kappa shape index (κ2) is 3.61. The summed E-state index contributed by atoms with van der Waals surface area (Å²) in [5.41, 5.74) is 1.06. The van der Waals surface area contributed by atoms with Gasteiger partial charge in [-0.1, -0.05) is 12.1 Å². The topological polar surface area (TPSA) is 75.6 Å². The van der Waals surface area contributed by atoms with Crippen LogP contribution in [0.25, 0.3) is 0 Å². The highest BCUT2D eigenvalue weighted by molar-refractivity contribution is 5.87. The summed E-state index contributed by atoms with van der Waals surface area (Å²) in [6.07, 6.45) is -0.442. The third-order valence-electron chi connectivity index (χ3n) is 2.23. The standard InChI is InChI=1S/C10H9NO4/c12-9(13)7-3-1-6(2-4-7)8-5-15-10(14)11-8/h1-4,8H,5H2,(H,11,14)(H,12,13)/t8-/m1/s1. The Hall–Kier alpha value is -2.04. The van der Waals surface area contributed by atoms with Gasteiger partial charge in [-0.25, -0.2) is 9.59 Å². The van der Waals surface area contributed by atoms with Crippen molar-refractivity contribution in [2.45, 2.75) is 6.04 Å².